The van der Waals surface area contributed by atoms with E-state index >= 15 is 0 Å². The van der Waals surface area contributed by atoms with Crippen LogP contribution in [0.5, 0.6) is 0 Å². The van der Waals surface area contributed by atoms with Crippen molar-refractivity contribution in [2.75, 3.05) is 26.7 Å². The van der Waals surface area contributed by atoms with Crippen LogP contribution in [0.1, 0.15) is 25.7 Å². The average Bonchev–Trinajstić information content (AvgIpc) is 2.97. The Morgan fingerprint density at radius 1 is 1.18 bits per heavy atom. The molecule has 0 aromatic rings. The third kappa shape index (κ3) is 4.84. The minimum absolute atomic E-state index is 0.000810. The first kappa shape index (κ1) is 13.1. The average molecular weight is 250 g/mol. The number of hydrogen-bond donors (Lipinski definition) is 1. The van der Waals surface area contributed by atoms with Crippen molar-refractivity contribution in [1.29, 1.82) is 0 Å². The van der Waals surface area contributed by atoms with Crippen LogP contribution in [0.15, 0.2) is 0 Å². The lowest BCUT2D eigenvalue weighted by Gasteiger charge is -2.36. The standard InChI is InChI=1S/C12H21F3N2/c1-17-6-10(4-9-2-3-9)5-11(7-17)16-8-12(13,14)15/h9-11,16H,2-8H2,1H3. The summed E-state index contributed by atoms with van der Waals surface area (Å²) in [7, 11) is 2.00. The van der Waals surface area contributed by atoms with Gasteiger partial charge in [0, 0.05) is 19.1 Å². The van der Waals surface area contributed by atoms with Crippen molar-refractivity contribution in [2.45, 2.75) is 37.9 Å². The Hall–Kier alpha value is -0.290. The van der Waals surface area contributed by atoms with Crippen molar-refractivity contribution >= 4 is 0 Å². The summed E-state index contributed by atoms with van der Waals surface area (Å²) < 4.78 is 36.4. The zero-order valence-corrected chi connectivity index (χ0v) is 10.3. The Kier molecular flexibility index (Phi) is 3.98. The lowest BCUT2D eigenvalue weighted by Crippen LogP contribution is -2.49. The SMILES string of the molecule is CN1CC(CC2CC2)CC(NCC(F)(F)F)C1. The summed E-state index contributed by atoms with van der Waals surface area (Å²) in [5.74, 6) is 1.43. The number of likely N-dealkylation sites (tertiary alicyclic amines) is 1. The molecule has 0 aromatic heterocycles. The van der Waals surface area contributed by atoms with E-state index in [1.807, 2.05) is 7.05 Å². The number of rotatable bonds is 4. The van der Waals surface area contributed by atoms with Crippen LogP contribution < -0.4 is 5.32 Å². The predicted molar refractivity (Wildman–Crippen MR) is 60.8 cm³/mol. The quantitative estimate of drug-likeness (QED) is 0.823. The van der Waals surface area contributed by atoms with Gasteiger partial charge in [0.25, 0.3) is 0 Å². The zero-order valence-electron chi connectivity index (χ0n) is 10.3. The summed E-state index contributed by atoms with van der Waals surface area (Å²) in [5.41, 5.74) is 0. The van der Waals surface area contributed by atoms with E-state index in [1.165, 1.54) is 19.3 Å². The number of piperidine rings is 1. The van der Waals surface area contributed by atoms with Crippen molar-refractivity contribution in [1.82, 2.24) is 10.2 Å². The fourth-order valence-corrected chi connectivity index (χ4v) is 2.85. The van der Waals surface area contributed by atoms with Crippen LogP contribution in [0.4, 0.5) is 13.2 Å². The lowest BCUT2D eigenvalue weighted by atomic mass is 9.90. The highest BCUT2D eigenvalue weighted by Crippen LogP contribution is 2.37. The molecule has 1 N–H and O–H groups in total. The molecule has 0 bridgehead atoms. The molecule has 100 valence electrons. The number of halogens is 3. The van der Waals surface area contributed by atoms with E-state index in [4.69, 9.17) is 0 Å². The summed E-state index contributed by atoms with van der Waals surface area (Å²) >= 11 is 0. The van der Waals surface area contributed by atoms with Crippen molar-refractivity contribution in [3.63, 3.8) is 0 Å². The molecular formula is C12H21F3N2. The van der Waals surface area contributed by atoms with E-state index in [0.29, 0.717) is 5.92 Å². The third-order valence-corrected chi connectivity index (χ3v) is 3.67. The number of likely N-dealkylation sites (N-methyl/N-ethyl adjacent to an activating group) is 1. The van der Waals surface area contributed by atoms with Gasteiger partial charge in [0.2, 0.25) is 0 Å². The molecule has 1 saturated heterocycles. The smallest absolute Gasteiger partial charge is 0.305 e. The molecule has 0 amide bonds. The second-order valence-corrected chi connectivity index (χ2v) is 5.70. The van der Waals surface area contributed by atoms with Gasteiger partial charge in [-0.1, -0.05) is 12.8 Å². The largest absolute Gasteiger partial charge is 0.401 e. The van der Waals surface area contributed by atoms with Crippen LogP contribution >= 0.6 is 0 Å². The van der Waals surface area contributed by atoms with Crippen LogP contribution in [0.2, 0.25) is 0 Å². The topological polar surface area (TPSA) is 15.3 Å². The Labute approximate surface area is 101 Å². The van der Waals surface area contributed by atoms with Crippen molar-refractivity contribution in [3.05, 3.63) is 0 Å². The Morgan fingerprint density at radius 2 is 1.88 bits per heavy atom. The van der Waals surface area contributed by atoms with Gasteiger partial charge >= 0.3 is 6.18 Å². The second-order valence-electron chi connectivity index (χ2n) is 5.70. The molecule has 1 aliphatic carbocycles. The molecule has 2 nitrogen and oxygen atoms in total. The normalized spacial score (nSPS) is 31.8. The van der Waals surface area contributed by atoms with Gasteiger partial charge in [-0.2, -0.15) is 13.2 Å². The Balaban J connectivity index is 1.76. The molecule has 2 aliphatic rings. The van der Waals surface area contributed by atoms with Gasteiger partial charge in [0.15, 0.2) is 0 Å². The summed E-state index contributed by atoms with van der Waals surface area (Å²) in [6, 6.07) is -0.000810. The molecule has 17 heavy (non-hydrogen) atoms. The van der Waals surface area contributed by atoms with Crippen LogP contribution in [-0.2, 0) is 0 Å². The Morgan fingerprint density at radius 3 is 2.47 bits per heavy atom. The van der Waals surface area contributed by atoms with Gasteiger partial charge in [-0.3, -0.25) is 0 Å². The summed E-state index contributed by atoms with van der Waals surface area (Å²) in [6.45, 7) is 0.916. The van der Waals surface area contributed by atoms with Crippen LogP contribution in [0.3, 0.4) is 0 Å². The maximum absolute atomic E-state index is 12.1. The molecule has 2 rings (SSSR count). The molecular weight excluding hydrogens is 229 g/mol. The van der Waals surface area contributed by atoms with Crippen LogP contribution in [0, 0.1) is 11.8 Å². The second kappa shape index (κ2) is 5.14. The fraction of sp³-hybridized carbons (Fsp3) is 1.00. The van der Waals surface area contributed by atoms with E-state index in [2.05, 4.69) is 10.2 Å². The molecule has 2 fully saturated rings. The van der Waals surface area contributed by atoms with E-state index < -0.39 is 12.7 Å². The Bertz CT molecular complexity index is 249. The molecule has 0 aromatic carbocycles. The summed E-state index contributed by atoms with van der Waals surface area (Å²) in [6.07, 6.45) is 0.648. The van der Waals surface area contributed by atoms with E-state index in [0.717, 1.165) is 25.4 Å². The number of alkyl halides is 3. The highest BCUT2D eigenvalue weighted by molar-refractivity contribution is 4.86. The molecule has 1 saturated carbocycles. The van der Waals surface area contributed by atoms with Gasteiger partial charge in [-0.05, 0) is 31.7 Å². The van der Waals surface area contributed by atoms with Gasteiger partial charge in [-0.25, -0.2) is 0 Å². The predicted octanol–water partition coefficient (Wildman–Crippen LogP) is 2.26. The maximum Gasteiger partial charge on any atom is 0.401 e. The van der Waals surface area contributed by atoms with Crippen molar-refractivity contribution in [3.8, 4) is 0 Å². The lowest BCUT2D eigenvalue weighted by molar-refractivity contribution is -0.127. The molecule has 1 heterocycles. The maximum atomic E-state index is 12.1. The van der Waals surface area contributed by atoms with Gasteiger partial charge in [0.05, 0.1) is 6.54 Å². The number of nitrogens with one attached hydrogen (secondary N) is 1. The van der Waals surface area contributed by atoms with E-state index in [9.17, 15) is 13.2 Å². The fourth-order valence-electron chi connectivity index (χ4n) is 2.85. The highest BCUT2D eigenvalue weighted by atomic mass is 19.4. The third-order valence-electron chi connectivity index (χ3n) is 3.67. The minimum atomic E-state index is -4.10. The first-order valence-electron chi connectivity index (χ1n) is 6.41. The molecule has 2 unspecified atom stereocenters. The highest BCUT2D eigenvalue weighted by Gasteiger charge is 2.33. The first-order chi connectivity index (χ1) is 7.92. The van der Waals surface area contributed by atoms with E-state index in [-0.39, 0.29) is 6.04 Å². The minimum Gasteiger partial charge on any atom is -0.305 e. The molecule has 0 radical (unpaired) electrons. The molecule has 5 heteroatoms. The van der Waals surface area contributed by atoms with Crippen molar-refractivity contribution in [2.24, 2.45) is 11.8 Å². The zero-order chi connectivity index (χ0) is 12.5. The first-order valence-corrected chi connectivity index (χ1v) is 6.41. The van der Waals surface area contributed by atoms with Gasteiger partial charge in [-0.15, -0.1) is 0 Å². The van der Waals surface area contributed by atoms with Crippen molar-refractivity contribution < 1.29 is 13.2 Å². The molecule has 1 aliphatic heterocycles. The van der Waals surface area contributed by atoms with E-state index in [1.54, 1.807) is 0 Å². The van der Waals surface area contributed by atoms with Crippen LogP contribution in [-0.4, -0.2) is 43.8 Å². The van der Waals surface area contributed by atoms with Crippen LogP contribution in [0.25, 0.3) is 0 Å². The molecule has 0 spiro atoms. The summed E-state index contributed by atoms with van der Waals surface area (Å²) in [4.78, 5) is 2.16. The molecule has 2 atom stereocenters. The van der Waals surface area contributed by atoms with Gasteiger partial charge in [0.1, 0.15) is 0 Å². The summed E-state index contributed by atoms with van der Waals surface area (Å²) in [5, 5.41) is 2.65. The van der Waals surface area contributed by atoms with Gasteiger partial charge < -0.3 is 10.2 Å². The number of nitrogens with zero attached hydrogens (tertiary/aromatic N) is 1. The number of hydrogen-bond acceptors (Lipinski definition) is 2. The monoisotopic (exact) mass is 250 g/mol.